The summed E-state index contributed by atoms with van der Waals surface area (Å²) in [6.45, 7) is 8.37. The average Bonchev–Trinajstić information content (AvgIpc) is 2.48. The van der Waals surface area contributed by atoms with Crippen LogP contribution in [0.15, 0.2) is 29.2 Å². The van der Waals surface area contributed by atoms with Gasteiger partial charge in [0, 0.05) is 42.9 Å². The smallest absolute Gasteiger partial charge is 0.234 e. The molecule has 116 valence electrons. The van der Waals surface area contributed by atoms with Crippen molar-refractivity contribution in [2.24, 2.45) is 0 Å². The van der Waals surface area contributed by atoms with Crippen LogP contribution in [0.25, 0.3) is 0 Å². The number of piperazine rings is 1. The summed E-state index contributed by atoms with van der Waals surface area (Å²) in [6.07, 6.45) is 0. The zero-order chi connectivity index (χ0) is 15.1. The number of nitrogens with zero attached hydrogens (tertiary/aromatic N) is 1. The van der Waals surface area contributed by atoms with Crippen LogP contribution in [0, 0.1) is 6.92 Å². The minimum Gasteiger partial charge on any atom is -0.354 e. The highest BCUT2D eigenvalue weighted by molar-refractivity contribution is 7.99. The van der Waals surface area contributed by atoms with Gasteiger partial charge in [-0.3, -0.25) is 9.69 Å². The second kappa shape index (κ2) is 8.41. The monoisotopic (exact) mass is 307 g/mol. The van der Waals surface area contributed by atoms with Gasteiger partial charge in [0.05, 0.1) is 6.54 Å². The molecule has 0 radical (unpaired) electrons. The van der Waals surface area contributed by atoms with Crippen LogP contribution in [-0.4, -0.2) is 55.3 Å². The molecule has 0 aliphatic carbocycles. The second-order valence-electron chi connectivity index (χ2n) is 5.54. The molecule has 5 heteroatoms. The average molecular weight is 307 g/mol. The second-order valence-corrected chi connectivity index (χ2v) is 6.70. The molecule has 1 fully saturated rings. The highest BCUT2D eigenvalue weighted by atomic mass is 32.2. The first-order valence-corrected chi connectivity index (χ1v) is 8.54. The zero-order valence-electron chi connectivity index (χ0n) is 12.9. The molecule has 1 aromatic carbocycles. The van der Waals surface area contributed by atoms with Gasteiger partial charge in [-0.15, -0.1) is 11.8 Å². The van der Waals surface area contributed by atoms with Crippen LogP contribution in [-0.2, 0) is 4.79 Å². The first kappa shape index (κ1) is 16.3. The lowest BCUT2D eigenvalue weighted by Crippen LogP contribution is -2.52. The van der Waals surface area contributed by atoms with E-state index in [-0.39, 0.29) is 5.91 Å². The molecule has 21 heavy (non-hydrogen) atoms. The molecule has 1 atom stereocenters. The Labute approximate surface area is 131 Å². The molecule has 0 spiro atoms. The third-order valence-electron chi connectivity index (χ3n) is 3.70. The maximum atomic E-state index is 11.9. The van der Waals surface area contributed by atoms with E-state index >= 15 is 0 Å². The number of nitrogens with one attached hydrogen (secondary N) is 2. The van der Waals surface area contributed by atoms with Crippen molar-refractivity contribution in [2.45, 2.75) is 24.8 Å². The van der Waals surface area contributed by atoms with E-state index in [1.54, 1.807) is 11.8 Å². The number of hydrogen-bond donors (Lipinski definition) is 2. The van der Waals surface area contributed by atoms with E-state index in [9.17, 15) is 4.79 Å². The van der Waals surface area contributed by atoms with Gasteiger partial charge in [-0.2, -0.15) is 0 Å². The molecule has 2 rings (SSSR count). The van der Waals surface area contributed by atoms with Crippen LogP contribution in [0.2, 0.25) is 0 Å². The van der Waals surface area contributed by atoms with Crippen molar-refractivity contribution in [3.63, 3.8) is 0 Å². The lowest BCUT2D eigenvalue weighted by molar-refractivity contribution is -0.122. The predicted molar refractivity (Wildman–Crippen MR) is 88.8 cm³/mol. The highest BCUT2D eigenvalue weighted by Crippen LogP contribution is 2.17. The third-order valence-corrected chi connectivity index (χ3v) is 4.71. The Balaban J connectivity index is 1.61. The van der Waals surface area contributed by atoms with E-state index < -0.39 is 0 Å². The van der Waals surface area contributed by atoms with Crippen molar-refractivity contribution >= 4 is 17.7 Å². The maximum absolute atomic E-state index is 11.9. The zero-order valence-corrected chi connectivity index (χ0v) is 13.7. The van der Waals surface area contributed by atoms with Gasteiger partial charge in [0.15, 0.2) is 0 Å². The highest BCUT2D eigenvalue weighted by Gasteiger charge is 2.19. The third kappa shape index (κ3) is 5.69. The van der Waals surface area contributed by atoms with Crippen LogP contribution < -0.4 is 10.6 Å². The van der Waals surface area contributed by atoms with Gasteiger partial charge in [0.1, 0.15) is 0 Å². The molecule has 1 aliphatic rings. The van der Waals surface area contributed by atoms with Crippen LogP contribution in [0.4, 0.5) is 0 Å². The van der Waals surface area contributed by atoms with Gasteiger partial charge in [-0.05, 0) is 26.0 Å². The van der Waals surface area contributed by atoms with Crippen molar-refractivity contribution in [1.29, 1.82) is 0 Å². The van der Waals surface area contributed by atoms with Gasteiger partial charge in [0.2, 0.25) is 5.91 Å². The molecule has 0 bridgehead atoms. The first-order valence-electron chi connectivity index (χ1n) is 7.56. The molecule has 2 N–H and O–H groups in total. The normalized spacial score (nSPS) is 19.4. The molecular formula is C16H25N3OS. The van der Waals surface area contributed by atoms with E-state index in [0.717, 1.165) is 31.9 Å². The summed E-state index contributed by atoms with van der Waals surface area (Å²) < 4.78 is 0. The van der Waals surface area contributed by atoms with Gasteiger partial charge < -0.3 is 10.6 Å². The Bertz CT molecular complexity index is 449. The Kier molecular flexibility index (Phi) is 6.54. The quantitative estimate of drug-likeness (QED) is 0.617. The van der Waals surface area contributed by atoms with E-state index in [0.29, 0.717) is 12.6 Å². The Morgan fingerprint density at radius 1 is 1.43 bits per heavy atom. The molecule has 1 heterocycles. The van der Waals surface area contributed by atoms with Gasteiger partial charge in [-0.25, -0.2) is 0 Å². The summed E-state index contributed by atoms with van der Waals surface area (Å²) in [6, 6.07) is 8.93. The molecule has 4 nitrogen and oxygen atoms in total. The van der Waals surface area contributed by atoms with Gasteiger partial charge >= 0.3 is 0 Å². The number of thioether (sulfide) groups is 1. The Hall–Kier alpha value is -1.04. The summed E-state index contributed by atoms with van der Waals surface area (Å²) in [5.41, 5.74) is 1.28. The fourth-order valence-corrected chi connectivity index (χ4v) is 3.12. The van der Waals surface area contributed by atoms with Crippen molar-refractivity contribution in [3.8, 4) is 0 Å². The molecular weight excluding hydrogens is 282 g/mol. The fourth-order valence-electron chi connectivity index (χ4n) is 2.35. The molecule has 0 aromatic heterocycles. The largest absolute Gasteiger partial charge is 0.354 e. The number of benzene rings is 1. The first-order chi connectivity index (χ1) is 10.1. The van der Waals surface area contributed by atoms with Crippen LogP contribution in [0.3, 0.4) is 0 Å². The topological polar surface area (TPSA) is 44.4 Å². The lowest BCUT2D eigenvalue weighted by Gasteiger charge is -2.33. The standard InChI is InChI=1S/C16H25N3OS/c1-13-3-5-15(6-4-13)21-10-8-18-16(20)12-19-9-7-17-11-14(19)2/h3-6,14,17H,7-12H2,1-2H3,(H,18,20)/t14-/m1/s1. The van der Waals surface area contributed by atoms with Crippen LogP contribution in [0.5, 0.6) is 0 Å². The minimum absolute atomic E-state index is 0.133. The van der Waals surface area contributed by atoms with E-state index in [1.807, 2.05) is 0 Å². The minimum atomic E-state index is 0.133. The lowest BCUT2D eigenvalue weighted by atomic mass is 10.2. The SMILES string of the molecule is Cc1ccc(SCCNC(=O)CN2CCNC[C@H]2C)cc1. The summed E-state index contributed by atoms with van der Waals surface area (Å²) in [5, 5.41) is 6.35. The van der Waals surface area contributed by atoms with E-state index in [2.05, 4.69) is 53.6 Å². The number of carbonyl (C=O) groups is 1. The predicted octanol–water partition coefficient (Wildman–Crippen LogP) is 1.50. The molecule has 1 saturated heterocycles. The number of carbonyl (C=O) groups excluding carboxylic acids is 1. The molecule has 1 aromatic rings. The number of rotatable bonds is 6. The van der Waals surface area contributed by atoms with Crippen LogP contribution >= 0.6 is 11.8 Å². The molecule has 1 amide bonds. The van der Waals surface area contributed by atoms with E-state index in [1.165, 1.54) is 10.5 Å². The molecule has 1 aliphatic heterocycles. The number of amides is 1. The summed E-state index contributed by atoms with van der Waals surface area (Å²) in [5.74, 6) is 1.04. The summed E-state index contributed by atoms with van der Waals surface area (Å²) in [4.78, 5) is 15.4. The molecule has 0 saturated carbocycles. The summed E-state index contributed by atoms with van der Waals surface area (Å²) in [7, 11) is 0. The van der Waals surface area contributed by atoms with Crippen LogP contribution in [0.1, 0.15) is 12.5 Å². The Morgan fingerprint density at radius 3 is 2.90 bits per heavy atom. The fraction of sp³-hybridized carbons (Fsp3) is 0.562. The summed E-state index contributed by atoms with van der Waals surface area (Å²) >= 11 is 1.78. The number of hydrogen-bond acceptors (Lipinski definition) is 4. The number of aryl methyl sites for hydroxylation is 1. The van der Waals surface area contributed by atoms with E-state index in [4.69, 9.17) is 0 Å². The van der Waals surface area contributed by atoms with Crippen molar-refractivity contribution in [1.82, 2.24) is 15.5 Å². The van der Waals surface area contributed by atoms with Crippen molar-refractivity contribution in [2.75, 3.05) is 38.5 Å². The van der Waals surface area contributed by atoms with Gasteiger partial charge in [-0.1, -0.05) is 17.7 Å². The maximum Gasteiger partial charge on any atom is 0.234 e. The Morgan fingerprint density at radius 2 is 2.19 bits per heavy atom. The van der Waals surface area contributed by atoms with Crippen molar-refractivity contribution < 1.29 is 4.79 Å². The molecule has 0 unspecified atom stereocenters. The van der Waals surface area contributed by atoms with Gasteiger partial charge in [0.25, 0.3) is 0 Å². The van der Waals surface area contributed by atoms with Crippen molar-refractivity contribution in [3.05, 3.63) is 29.8 Å².